The van der Waals surface area contributed by atoms with E-state index in [9.17, 15) is 0 Å². The van der Waals surface area contributed by atoms with Gasteiger partial charge in [-0.3, -0.25) is 0 Å². The molecule has 2 aliphatic heterocycles. The molecule has 0 aliphatic carbocycles. The van der Waals surface area contributed by atoms with Crippen molar-refractivity contribution >= 4 is 11.7 Å². The number of nitrogens with zero attached hydrogens (tertiary/aromatic N) is 2. The van der Waals surface area contributed by atoms with E-state index in [2.05, 4.69) is 151 Å². The van der Waals surface area contributed by atoms with Gasteiger partial charge in [-0.25, -0.2) is 9.98 Å². The summed E-state index contributed by atoms with van der Waals surface area (Å²) in [6, 6.07) is 65.7. The Labute approximate surface area is 292 Å². The van der Waals surface area contributed by atoms with Crippen LogP contribution in [0.25, 0.3) is 11.1 Å². The standard InChI is InChI=1S/C46H33N3O/c1-5-15-33(16-6-1)43-47-44(34-17-7-2-8-18-34)49-45(48-43)35-27-25-32(26-28-35)36-29-30-42-40(31-36)46(37-19-9-3-10-20-37,38-21-11-4-12-22-38)39-23-13-14-24-41(39)50-42/h1-31,43H,(H,47,48,49). The van der Waals surface area contributed by atoms with Crippen molar-refractivity contribution in [2.75, 3.05) is 0 Å². The van der Waals surface area contributed by atoms with Gasteiger partial charge in [-0.05, 0) is 46.0 Å². The molecule has 2 heterocycles. The Morgan fingerprint density at radius 1 is 0.420 bits per heavy atom. The fourth-order valence-electron chi connectivity index (χ4n) is 7.32. The number of hydrogen-bond acceptors (Lipinski definition) is 4. The van der Waals surface area contributed by atoms with Gasteiger partial charge in [-0.1, -0.05) is 170 Å². The number of nitrogens with one attached hydrogen (secondary N) is 1. The molecule has 4 nitrogen and oxygen atoms in total. The maximum absolute atomic E-state index is 6.62. The Bertz CT molecular complexity index is 2310. The third kappa shape index (κ3) is 5.10. The molecular formula is C46H33N3O. The van der Waals surface area contributed by atoms with Crippen LogP contribution in [0.4, 0.5) is 0 Å². The summed E-state index contributed by atoms with van der Waals surface area (Å²) in [4.78, 5) is 10.1. The van der Waals surface area contributed by atoms with Crippen molar-refractivity contribution in [2.45, 2.75) is 11.6 Å². The zero-order valence-corrected chi connectivity index (χ0v) is 27.3. The van der Waals surface area contributed by atoms with Crippen LogP contribution < -0.4 is 10.1 Å². The molecule has 0 spiro atoms. The summed E-state index contributed by atoms with van der Waals surface area (Å²) in [5.41, 5.74) is 9.36. The van der Waals surface area contributed by atoms with Crippen LogP contribution in [-0.2, 0) is 5.41 Å². The third-order valence-corrected chi connectivity index (χ3v) is 9.68. The molecule has 1 N–H and O–H groups in total. The summed E-state index contributed by atoms with van der Waals surface area (Å²) in [6.07, 6.45) is -0.338. The number of fused-ring (bicyclic) bond motifs is 2. The smallest absolute Gasteiger partial charge is 0.169 e. The van der Waals surface area contributed by atoms with Gasteiger partial charge in [-0.15, -0.1) is 0 Å². The molecule has 0 saturated heterocycles. The molecule has 0 radical (unpaired) electrons. The van der Waals surface area contributed by atoms with Crippen LogP contribution in [0, 0.1) is 0 Å². The lowest BCUT2D eigenvalue weighted by molar-refractivity contribution is 0.434. The highest BCUT2D eigenvalue weighted by Gasteiger charge is 2.45. The normalized spacial score (nSPS) is 15.7. The van der Waals surface area contributed by atoms with Crippen molar-refractivity contribution in [3.63, 3.8) is 0 Å². The van der Waals surface area contributed by atoms with E-state index in [-0.39, 0.29) is 6.17 Å². The molecule has 1 unspecified atom stereocenters. The van der Waals surface area contributed by atoms with Gasteiger partial charge in [0.2, 0.25) is 0 Å². The fraction of sp³-hybridized carbons (Fsp3) is 0.0435. The average molecular weight is 644 g/mol. The second kappa shape index (κ2) is 12.5. The van der Waals surface area contributed by atoms with Crippen LogP contribution in [-0.4, -0.2) is 11.7 Å². The topological polar surface area (TPSA) is 46.0 Å². The molecule has 0 bridgehead atoms. The highest BCUT2D eigenvalue weighted by Crippen LogP contribution is 2.55. The minimum atomic E-state index is -0.566. The highest BCUT2D eigenvalue weighted by molar-refractivity contribution is 6.16. The maximum Gasteiger partial charge on any atom is 0.169 e. The molecule has 1 atom stereocenters. The molecule has 0 saturated carbocycles. The Balaban J connectivity index is 1.14. The first-order valence-electron chi connectivity index (χ1n) is 16.9. The van der Waals surface area contributed by atoms with Crippen molar-refractivity contribution in [2.24, 2.45) is 9.98 Å². The third-order valence-electron chi connectivity index (χ3n) is 9.68. The second-order valence-corrected chi connectivity index (χ2v) is 12.6. The average Bonchev–Trinajstić information content (AvgIpc) is 3.21. The molecule has 7 aromatic carbocycles. The number of rotatable bonds is 6. The first-order valence-corrected chi connectivity index (χ1v) is 16.9. The number of benzene rings is 7. The van der Waals surface area contributed by atoms with Crippen molar-refractivity contribution in [3.05, 3.63) is 227 Å². The number of hydrogen-bond donors (Lipinski definition) is 1. The number of para-hydroxylation sites is 1. The molecule has 7 aromatic rings. The van der Waals surface area contributed by atoms with Gasteiger partial charge in [0.15, 0.2) is 6.17 Å². The Kier molecular flexibility index (Phi) is 7.40. The van der Waals surface area contributed by atoms with Crippen LogP contribution in [0.5, 0.6) is 11.5 Å². The Morgan fingerprint density at radius 3 is 1.54 bits per heavy atom. The molecule has 4 heteroatoms. The fourth-order valence-corrected chi connectivity index (χ4v) is 7.32. The van der Waals surface area contributed by atoms with Crippen molar-refractivity contribution in [1.29, 1.82) is 0 Å². The predicted molar refractivity (Wildman–Crippen MR) is 202 cm³/mol. The van der Waals surface area contributed by atoms with Crippen molar-refractivity contribution in [3.8, 4) is 22.6 Å². The summed E-state index contributed by atoms with van der Waals surface area (Å²) in [7, 11) is 0. The van der Waals surface area contributed by atoms with Gasteiger partial charge >= 0.3 is 0 Å². The number of aliphatic imine (C=N–C) groups is 2. The Morgan fingerprint density at radius 2 is 0.900 bits per heavy atom. The van der Waals surface area contributed by atoms with Crippen LogP contribution in [0.3, 0.4) is 0 Å². The molecular weight excluding hydrogens is 611 g/mol. The summed E-state index contributed by atoms with van der Waals surface area (Å²) in [5, 5.41) is 3.53. The van der Waals surface area contributed by atoms with Crippen molar-refractivity contribution in [1.82, 2.24) is 5.32 Å². The van der Waals surface area contributed by atoms with E-state index in [0.717, 1.165) is 62.1 Å². The van der Waals surface area contributed by atoms with E-state index >= 15 is 0 Å². The SMILES string of the molecule is c1ccc(C2=NC(c3ccccc3)N=C(c3ccc(-c4ccc5c(c4)C(c4ccccc4)(c4ccccc4)c4ccccc4O5)cc3)N2)cc1. The van der Waals surface area contributed by atoms with Crippen LogP contribution in [0.15, 0.2) is 198 Å². The summed E-state index contributed by atoms with van der Waals surface area (Å²) in [5.74, 6) is 3.33. The molecule has 238 valence electrons. The largest absolute Gasteiger partial charge is 0.457 e. The predicted octanol–water partition coefficient (Wildman–Crippen LogP) is 10.3. The molecule has 9 rings (SSSR count). The zero-order chi connectivity index (χ0) is 33.3. The first kappa shape index (κ1) is 29.6. The molecule has 50 heavy (non-hydrogen) atoms. The number of ether oxygens (including phenoxy) is 1. The van der Waals surface area contributed by atoms with E-state index in [4.69, 9.17) is 14.7 Å². The van der Waals surface area contributed by atoms with Gasteiger partial charge in [-0.2, -0.15) is 0 Å². The maximum atomic E-state index is 6.62. The van der Waals surface area contributed by atoms with Crippen LogP contribution in [0.1, 0.15) is 45.1 Å². The highest BCUT2D eigenvalue weighted by atomic mass is 16.5. The monoisotopic (exact) mass is 643 g/mol. The van der Waals surface area contributed by atoms with E-state index in [0.29, 0.717) is 0 Å². The molecule has 0 aromatic heterocycles. The van der Waals surface area contributed by atoms with Gasteiger partial charge in [0, 0.05) is 22.3 Å². The lowest BCUT2D eigenvalue weighted by Crippen LogP contribution is -2.36. The van der Waals surface area contributed by atoms with Crippen LogP contribution >= 0.6 is 0 Å². The Hall–Kier alpha value is -6.52. The van der Waals surface area contributed by atoms with Crippen molar-refractivity contribution < 1.29 is 4.74 Å². The lowest BCUT2D eigenvalue weighted by Gasteiger charge is -2.41. The van der Waals surface area contributed by atoms with Gasteiger partial charge < -0.3 is 10.1 Å². The quantitative estimate of drug-likeness (QED) is 0.196. The minimum absolute atomic E-state index is 0.338. The van der Waals surface area contributed by atoms with Gasteiger partial charge in [0.25, 0.3) is 0 Å². The summed E-state index contributed by atoms with van der Waals surface area (Å²) < 4.78 is 6.62. The summed E-state index contributed by atoms with van der Waals surface area (Å²) >= 11 is 0. The van der Waals surface area contributed by atoms with Gasteiger partial charge in [0.05, 0.1) is 5.41 Å². The summed E-state index contributed by atoms with van der Waals surface area (Å²) in [6.45, 7) is 0. The molecule has 2 aliphatic rings. The number of amidine groups is 2. The van der Waals surface area contributed by atoms with E-state index in [1.807, 2.05) is 42.5 Å². The van der Waals surface area contributed by atoms with Gasteiger partial charge in [0.1, 0.15) is 23.2 Å². The second-order valence-electron chi connectivity index (χ2n) is 12.6. The lowest BCUT2D eigenvalue weighted by atomic mass is 9.63. The molecule has 0 fully saturated rings. The van der Waals surface area contributed by atoms with E-state index in [1.54, 1.807) is 0 Å². The van der Waals surface area contributed by atoms with E-state index < -0.39 is 5.41 Å². The molecule has 0 amide bonds. The first-order chi connectivity index (χ1) is 24.8. The van der Waals surface area contributed by atoms with Crippen LogP contribution in [0.2, 0.25) is 0 Å². The minimum Gasteiger partial charge on any atom is -0.457 e. The van der Waals surface area contributed by atoms with E-state index in [1.165, 1.54) is 11.1 Å². The zero-order valence-electron chi connectivity index (χ0n) is 27.3.